The number of rotatable bonds is 8. The summed E-state index contributed by atoms with van der Waals surface area (Å²) in [5.74, 6) is 0.0878. The van der Waals surface area contributed by atoms with Gasteiger partial charge in [0.25, 0.3) is 0 Å². The van der Waals surface area contributed by atoms with Gasteiger partial charge in [-0.15, -0.1) is 0 Å². The van der Waals surface area contributed by atoms with Gasteiger partial charge in [-0.1, -0.05) is 19.1 Å². The Morgan fingerprint density at radius 1 is 1.26 bits per heavy atom. The van der Waals surface area contributed by atoms with E-state index in [4.69, 9.17) is 4.74 Å². The molecule has 7 heteroatoms. The number of benzene rings is 1. The topological polar surface area (TPSA) is 70.2 Å². The van der Waals surface area contributed by atoms with Crippen LogP contribution in [-0.4, -0.2) is 79.3 Å². The molecule has 31 heavy (non-hydrogen) atoms. The average molecular weight is 430 g/mol. The van der Waals surface area contributed by atoms with Crippen LogP contribution >= 0.6 is 0 Å². The number of ether oxygens (including phenoxy) is 1. The molecule has 0 bridgehead atoms. The van der Waals surface area contributed by atoms with Crippen LogP contribution in [0.5, 0.6) is 5.75 Å². The highest BCUT2D eigenvalue weighted by molar-refractivity contribution is 6.10. The summed E-state index contributed by atoms with van der Waals surface area (Å²) in [4.78, 5) is 45.3. The van der Waals surface area contributed by atoms with Crippen LogP contribution in [0.4, 0.5) is 0 Å². The number of methoxy groups -OCH3 is 1. The van der Waals surface area contributed by atoms with E-state index < -0.39 is 5.41 Å². The molecule has 2 saturated heterocycles. The number of carbonyl (C=O) groups excluding carboxylic acids is 3. The molecule has 3 rings (SSSR count). The fourth-order valence-corrected chi connectivity index (χ4v) is 4.83. The van der Waals surface area contributed by atoms with E-state index in [9.17, 15) is 14.4 Å². The number of piperidine rings is 1. The van der Waals surface area contributed by atoms with E-state index in [0.29, 0.717) is 24.4 Å². The van der Waals surface area contributed by atoms with Crippen molar-refractivity contribution in [3.8, 4) is 5.75 Å². The molecule has 170 valence electrons. The van der Waals surface area contributed by atoms with E-state index in [1.807, 2.05) is 42.1 Å². The molecule has 2 aliphatic rings. The number of hydrogen-bond donors (Lipinski definition) is 0. The van der Waals surface area contributed by atoms with Crippen molar-refractivity contribution in [2.45, 2.75) is 56.9 Å². The Balaban J connectivity index is 1.96. The number of hydrogen-bond acceptors (Lipinski definition) is 5. The third kappa shape index (κ3) is 4.76. The van der Waals surface area contributed by atoms with Gasteiger partial charge in [0.2, 0.25) is 17.7 Å². The molecule has 2 heterocycles. The van der Waals surface area contributed by atoms with E-state index >= 15 is 0 Å². The van der Waals surface area contributed by atoms with Crippen molar-refractivity contribution in [3.05, 3.63) is 29.8 Å². The monoisotopic (exact) mass is 429 g/mol. The summed E-state index contributed by atoms with van der Waals surface area (Å²) < 4.78 is 5.37. The normalized spacial score (nSPS) is 24.2. The lowest BCUT2D eigenvalue weighted by atomic mass is 9.75. The number of nitrogens with zero attached hydrogens (tertiary/aromatic N) is 3. The molecule has 0 spiro atoms. The minimum absolute atomic E-state index is 0.0136. The van der Waals surface area contributed by atoms with Crippen LogP contribution in [0.3, 0.4) is 0 Å². The van der Waals surface area contributed by atoms with Gasteiger partial charge in [0.05, 0.1) is 12.5 Å². The Labute approximate surface area is 185 Å². The Morgan fingerprint density at radius 2 is 2.03 bits per heavy atom. The molecule has 0 N–H and O–H groups in total. The third-order valence-corrected chi connectivity index (χ3v) is 6.67. The summed E-state index contributed by atoms with van der Waals surface area (Å²) in [6.07, 6.45) is 4.04. The van der Waals surface area contributed by atoms with Crippen LogP contribution < -0.4 is 4.74 Å². The van der Waals surface area contributed by atoms with Gasteiger partial charge >= 0.3 is 0 Å². The molecule has 0 unspecified atom stereocenters. The Hall–Kier alpha value is -2.41. The first-order valence-electron chi connectivity index (χ1n) is 11.3. The van der Waals surface area contributed by atoms with Crippen molar-refractivity contribution in [3.63, 3.8) is 0 Å². The first kappa shape index (κ1) is 23.3. The van der Waals surface area contributed by atoms with Gasteiger partial charge in [0.15, 0.2) is 0 Å². The van der Waals surface area contributed by atoms with E-state index in [-0.39, 0.29) is 36.6 Å². The predicted molar refractivity (Wildman–Crippen MR) is 119 cm³/mol. The van der Waals surface area contributed by atoms with Crippen molar-refractivity contribution < 1.29 is 19.1 Å². The lowest BCUT2D eigenvalue weighted by Gasteiger charge is -2.37. The highest BCUT2D eigenvalue weighted by Crippen LogP contribution is 2.42. The molecule has 1 aromatic rings. The van der Waals surface area contributed by atoms with Crippen LogP contribution in [0.15, 0.2) is 24.3 Å². The van der Waals surface area contributed by atoms with Crippen LogP contribution in [-0.2, 0) is 19.8 Å². The maximum atomic E-state index is 13.7. The largest absolute Gasteiger partial charge is 0.497 e. The zero-order valence-electron chi connectivity index (χ0n) is 19.2. The minimum atomic E-state index is -1.18. The maximum absolute atomic E-state index is 13.7. The van der Waals surface area contributed by atoms with E-state index in [1.54, 1.807) is 13.2 Å². The maximum Gasteiger partial charge on any atom is 0.240 e. The molecule has 7 nitrogen and oxygen atoms in total. The lowest BCUT2D eigenvalue weighted by Crippen LogP contribution is -2.48. The second-order valence-electron chi connectivity index (χ2n) is 8.97. The second-order valence-corrected chi connectivity index (χ2v) is 8.97. The molecular formula is C24H35N3O4. The number of likely N-dealkylation sites (tertiary alicyclic amines) is 2. The Kier molecular flexibility index (Phi) is 7.36. The van der Waals surface area contributed by atoms with E-state index in [2.05, 4.69) is 6.92 Å². The SMILES string of the molecule is CC[C@H]1CCCCN1C(=O)C[C@@]1(c2cccc(OC)c2)CC(=O)N(CCN(C)C)C1=O. The summed E-state index contributed by atoms with van der Waals surface area (Å²) in [5, 5.41) is 0. The van der Waals surface area contributed by atoms with Crippen LogP contribution in [0.2, 0.25) is 0 Å². The zero-order chi connectivity index (χ0) is 22.6. The van der Waals surface area contributed by atoms with Gasteiger partial charge in [-0.05, 0) is 57.5 Å². The van der Waals surface area contributed by atoms with Gasteiger partial charge < -0.3 is 14.5 Å². The zero-order valence-corrected chi connectivity index (χ0v) is 19.2. The second kappa shape index (κ2) is 9.81. The average Bonchev–Trinajstić information content (AvgIpc) is 3.01. The molecule has 2 aliphatic heterocycles. The fourth-order valence-electron chi connectivity index (χ4n) is 4.83. The van der Waals surface area contributed by atoms with Crippen LogP contribution in [0.25, 0.3) is 0 Å². The third-order valence-electron chi connectivity index (χ3n) is 6.67. The van der Waals surface area contributed by atoms with Gasteiger partial charge in [-0.25, -0.2) is 0 Å². The molecule has 0 aliphatic carbocycles. The van der Waals surface area contributed by atoms with Gasteiger partial charge in [-0.3, -0.25) is 19.3 Å². The molecule has 0 aromatic heterocycles. The van der Waals surface area contributed by atoms with Gasteiger partial charge in [-0.2, -0.15) is 0 Å². The highest BCUT2D eigenvalue weighted by Gasteiger charge is 2.54. The Bertz CT molecular complexity index is 825. The molecule has 1 aromatic carbocycles. The highest BCUT2D eigenvalue weighted by atomic mass is 16.5. The smallest absolute Gasteiger partial charge is 0.240 e. The summed E-state index contributed by atoms with van der Waals surface area (Å²) in [6, 6.07) is 7.46. The lowest BCUT2D eigenvalue weighted by molar-refractivity contribution is -0.144. The summed E-state index contributed by atoms with van der Waals surface area (Å²) in [6.45, 7) is 3.73. The first-order chi connectivity index (χ1) is 14.8. The van der Waals surface area contributed by atoms with Crippen molar-refractivity contribution >= 4 is 17.7 Å². The van der Waals surface area contributed by atoms with Gasteiger partial charge in [0.1, 0.15) is 5.75 Å². The number of amides is 3. The molecule has 3 amide bonds. The molecule has 0 radical (unpaired) electrons. The van der Waals surface area contributed by atoms with Crippen molar-refractivity contribution in [2.75, 3.05) is 40.8 Å². The number of carbonyl (C=O) groups is 3. The summed E-state index contributed by atoms with van der Waals surface area (Å²) in [7, 11) is 5.39. The first-order valence-corrected chi connectivity index (χ1v) is 11.3. The van der Waals surface area contributed by atoms with Crippen molar-refractivity contribution in [2.24, 2.45) is 0 Å². The Morgan fingerprint density at radius 3 is 2.71 bits per heavy atom. The predicted octanol–water partition coefficient (Wildman–Crippen LogP) is 2.43. The van der Waals surface area contributed by atoms with Crippen LogP contribution in [0, 0.1) is 0 Å². The van der Waals surface area contributed by atoms with Crippen LogP contribution in [0.1, 0.15) is 51.0 Å². The standard InChI is InChI=1S/C24H35N3O4/c1-5-19-10-6-7-12-26(19)21(28)16-24(18-9-8-11-20(15-18)31-4)17-22(29)27(23(24)30)14-13-25(2)3/h8-9,11,15,19H,5-7,10,12-14,16-17H2,1-4H3/t19-,24-/m0/s1. The van der Waals surface area contributed by atoms with Crippen molar-refractivity contribution in [1.29, 1.82) is 0 Å². The molecule has 2 atom stereocenters. The van der Waals surface area contributed by atoms with Gasteiger partial charge in [0, 0.05) is 38.5 Å². The fraction of sp³-hybridized carbons (Fsp3) is 0.625. The molecule has 2 fully saturated rings. The van der Waals surface area contributed by atoms with Crippen molar-refractivity contribution in [1.82, 2.24) is 14.7 Å². The minimum Gasteiger partial charge on any atom is -0.497 e. The quantitative estimate of drug-likeness (QED) is 0.594. The molecular weight excluding hydrogens is 394 g/mol. The molecule has 0 saturated carbocycles. The summed E-state index contributed by atoms with van der Waals surface area (Å²) in [5.41, 5.74) is -0.499. The van der Waals surface area contributed by atoms with E-state index in [0.717, 1.165) is 32.2 Å². The summed E-state index contributed by atoms with van der Waals surface area (Å²) >= 11 is 0. The van der Waals surface area contributed by atoms with E-state index in [1.165, 1.54) is 4.90 Å². The number of imide groups is 1. The number of likely N-dealkylation sites (N-methyl/N-ethyl adjacent to an activating group) is 1.